The van der Waals surface area contributed by atoms with E-state index in [1.165, 1.54) is 11.8 Å². The van der Waals surface area contributed by atoms with Gasteiger partial charge in [-0.1, -0.05) is 36.4 Å². The normalized spacial score (nSPS) is 10.8. The number of hydrogen-bond acceptors (Lipinski definition) is 4. The van der Waals surface area contributed by atoms with E-state index < -0.39 is 0 Å². The van der Waals surface area contributed by atoms with Gasteiger partial charge in [0.15, 0.2) is 6.61 Å². The monoisotopic (exact) mass is 353 g/mol. The Balaban J connectivity index is 1.59. The van der Waals surface area contributed by atoms with Crippen LogP contribution < -0.4 is 0 Å². The van der Waals surface area contributed by atoms with E-state index in [4.69, 9.17) is 4.74 Å². The van der Waals surface area contributed by atoms with Gasteiger partial charge in [0.05, 0.1) is 5.75 Å². The van der Waals surface area contributed by atoms with E-state index in [1.54, 1.807) is 0 Å². The van der Waals surface area contributed by atoms with Gasteiger partial charge in [0, 0.05) is 27.1 Å². The third-order valence-electron chi connectivity index (χ3n) is 3.98. The molecule has 0 saturated carbocycles. The number of esters is 1. The van der Waals surface area contributed by atoms with Crippen LogP contribution in [0.25, 0.3) is 10.9 Å². The first-order valence-electron chi connectivity index (χ1n) is 8.01. The van der Waals surface area contributed by atoms with Crippen molar-refractivity contribution in [3.63, 3.8) is 0 Å². The van der Waals surface area contributed by atoms with E-state index in [2.05, 4.69) is 4.98 Å². The van der Waals surface area contributed by atoms with Gasteiger partial charge in [0.1, 0.15) is 0 Å². The molecule has 0 saturated heterocycles. The van der Waals surface area contributed by atoms with Crippen LogP contribution in [0.5, 0.6) is 0 Å². The number of benzene rings is 2. The SMILES string of the molecule is Cc1ccccc1SCC(=O)OCC(=O)c1c(C)[nH]c2ccccc12. The van der Waals surface area contributed by atoms with Crippen molar-refractivity contribution in [3.8, 4) is 0 Å². The number of ether oxygens (including phenoxy) is 1. The Hall–Kier alpha value is -2.53. The minimum absolute atomic E-state index is 0.186. The van der Waals surface area contributed by atoms with E-state index >= 15 is 0 Å². The molecule has 3 rings (SSSR count). The number of carbonyl (C=O) groups excluding carboxylic acids is 2. The van der Waals surface area contributed by atoms with Gasteiger partial charge >= 0.3 is 5.97 Å². The Morgan fingerprint density at radius 3 is 2.56 bits per heavy atom. The Morgan fingerprint density at radius 2 is 1.76 bits per heavy atom. The van der Waals surface area contributed by atoms with Crippen molar-refractivity contribution in [3.05, 3.63) is 65.4 Å². The van der Waals surface area contributed by atoms with Crippen molar-refractivity contribution in [2.24, 2.45) is 0 Å². The summed E-state index contributed by atoms with van der Waals surface area (Å²) in [6, 6.07) is 15.5. The second-order valence-electron chi connectivity index (χ2n) is 5.81. The maximum absolute atomic E-state index is 12.5. The van der Waals surface area contributed by atoms with Gasteiger partial charge in [-0.15, -0.1) is 11.8 Å². The summed E-state index contributed by atoms with van der Waals surface area (Å²) in [5.74, 6) is -0.395. The van der Waals surface area contributed by atoms with E-state index in [9.17, 15) is 9.59 Å². The lowest BCUT2D eigenvalue weighted by Crippen LogP contribution is -2.16. The first kappa shape index (κ1) is 17.3. The molecule has 0 aliphatic carbocycles. The van der Waals surface area contributed by atoms with Gasteiger partial charge in [-0.05, 0) is 31.5 Å². The second kappa shape index (κ2) is 7.57. The molecule has 0 bridgehead atoms. The fourth-order valence-electron chi connectivity index (χ4n) is 2.75. The van der Waals surface area contributed by atoms with Crippen molar-refractivity contribution in [1.29, 1.82) is 0 Å². The van der Waals surface area contributed by atoms with Crippen molar-refractivity contribution < 1.29 is 14.3 Å². The highest BCUT2D eigenvalue weighted by atomic mass is 32.2. The zero-order chi connectivity index (χ0) is 17.8. The molecule has 0 radical (unpaired) electrons. The molecule has 0 atom stereocenters. The number of aromatic nitrogens is 1. The number of rotatable bonds is 6. The van der Waals surface area contributed by atoms with Crippen LogP contribution in [0.3, 0.4) is 0 Å². The zero-order valence-corrected chi connectivity index (χ0v) is 15.0. The van der Waals surface area contributed by atoms with Gasteiger partial charge in [0.2, 0.25) is 5.78 Å². The number of hydrogen-bond donors (Lipinski definition) is 1. The van der Waals surface area contributed by atoms with Crippen LogP contribution in [0.1, 0.15) is 21.6 Å². The lowest BCUT2D eigenvalue weighted by Gasteiger charge is -2.06. The number of aryl methyl sites for hydroxylation is 2. The van der Waals surface area contributed by atoms with Gasteiger partial charge in [-0.3, -0.25) is 9.59 Å². The molecule has 0 fully saturated rings. The third kappa shape index (κ3) is 3.94. The molecule has 1 aromatic heterocycles. The van der Waals surface area contributed by atoms with Crippen LogP contribution in [-0.2, 0) is 9.53 Å². The third-order valence-corrected chi connectivity index (χ3v) is 5.12. The van der Waals surface area contributed by atoms with Gasteiger partial charge < -0.3 is 9.72 Å². The minimum Gasteiger partial charge on any atom is -0.457 e. The first-order valence-corrected chi connectivity index (χ1v) is 8.99. The molecule has 128 valence electrons. The molecule has 1 N–H and O–H groups in total. The summed E-state index contributed by atoms with van der Waals surface area (Å²) in [5, 5.41) is 0.857. The largest absolute Gasteiger partial charge is 0.457 e. The van der Waals surface area contributed by atoms with Crippen LogP contribution in [0.15, 0.2) is 53.4 Å². The van der Waals surface area contributed by atoms with E-state index in [0.717, 1.165) is 27.1 Å². The molecule has 4 nitrogen and oxygen atoms in total. The fraction of sp³-hybridized carbons (Fsp3) is 0.200. The minimum atomic E-state index is -0.390. The van der Waals surface area contributed by atoms with E-state index in [1.807, 2.05) is 62.4 Å². The number of Topliss-reactive ketones (excluding diaryl/α,β-unsaturated/α-hetero) is 1. The van der Waals surface area contributed by atoms with Crippen LogP contribution in [-0.4, -0.2) is 29.1 Å². The van der Waals surface area contributed by atoms with Gasteiger partial charge in [-0.25, -0.2) is 0 Å². The molecule has 0 amide bonds. The van der Waals surface area contributed by atoms with Crippen molar-refractivity contribution in [1.82, 2.24) is 4.98 Å². The number of thioether (sulfide) groups is 1. The number of ketones is 1. The standard InChI is InChI=1S/C20H19NO3S/c1-13-7-3-6-10-18(13)25-12-19(23)24-11-17(22)20-14(2)21-16-9-5-4-8-15(16)20/h3-10,21H,11-12H2,1-2H3. The number of nitrogens with one attached hydrogen (secondary N) is 1. The maximum Gasteiger partial charge on any atom is 0.316 e. The van der Waals surface area contributed by atoms with Crippen LogP contribution in [0.2, 0.25) is 0 Å². The summed E-state index contributed by atoms with van der Waals surface area (Å²) in [4.78, 5) is 28.6. The number of carbonyl (C=O) groups is 2. The van der Waals surface area contributed by atoms with Crippen LogP contribution in [0, 0.1) is 13.8 Å². The molecule has 3 aromatic rings. The average molecular weight is 353 g/mol. The highest BCUT2D eigenvalue weighted by molar-refractivity contribution is 8.00. The number of para-hydroxylation sites is 1. The lowest BCUT2D eigenvalue weighted by atomic mass is 10.1. The van der Waals surface area contributed by atoms with Gasteiger partial charge in [0.25, 0.3) is 0 Å². The summed E-state index contributed by atoms with van der Waals surface area (Å²) in [5.41, 5.74) is 3.40. The molecule has 25 heavy (non-hydrogen) atoms. The first-order chi connectivity index (χ1) is 12.1. The Morgan fingerprint density at radius 1 is 1.04 bits per heavy atom. The summed E-state index contributed by atoms with van der Waals surface area (Å²) in [7, 11) is 0. The number of aromatic amines is 1. The average Bonchev–Trinajstić information content (AvgIpc) is 2.94. The van der Waals surface area contributed by atoms with Gasteiger partial charge in [-0.2, -0.15) is 0 Å². The highest BCUT2D eigenvalue weighted by Crippen LogP contribution is 2.23. The van der Waals surface area contributed by atoms with E-state index in [0.29, 0.717) is 5.56 Å². The van der Waals surface area contributed by atoms with Crippen molar-refractivity contribution in [2.45, 2.75) is 18.7 Å². The Labute approximate surface area is 150 Å². The molecule has 2 aromatic carbocycles. The van der Waals surface area contributed by atoms with Crippen LogP contribution >= 0.6 is 11.8 Å². The molecule has 1 heterocycles. The molecule has 0 aliphatic rings. The van der Waals surface area contributed by atoms with Crippen molar-refractivity contribution in [2.75, 3.05) is 12.4 Å². The molecular weight excluding hydrogens is 334 g/mol. The maximum atomic E-state index is 12.5. The lowest BCUT2D eigenvalue weighted by molar-refractivity contribution is -0.139. The van der Waals surface area contributed by atoms with Crippen LogP contribution in [0.4, 0.5) is 0 Å². The summed E-state index contributed by atoms with van der Waals surface area (Å²) in [6.45, 7) is 3.61. The quantitative estimate of drug-likeness (QED) is 0.408. The van der Waals surface area contributed by atoms with E-state index in [-0.39, 0.29) is 24.1 Å². The molecule has 0 unspecified atom stereocenters. The smallest absolute Gasteiger partial charge is 0.316 e. The highest BCUT2D eigenvalue weighted by Gasteiger charge is 2.17. The predicted octanol–water partition coefficient (Wildman–Crippen LogP) is 4.30. The Kier molecular flexibility index (Phi) is 5.24. The molecule has 0 spiro atoms. The molecule has 5 heteroatoms. The molecule has 0 aliphatic heterocycles. The topological polar surface area (TPSA) is 59.2 Å². The zero-order valence-electron chi connectivity index (χ0n) is 14.2. The summed E-state index contributed by atoms with van der Waals surface area (Å²) < 4.78 is 5.17. The number of H-pyrrole nitrogens is 1. The number of fused-ring (bicyclic) bond motifs is 1. The predicted molar refractivity (Wildman–Crippen MR) is 100 cm³/mol. The second-order valence-corrected chi connectivity index (χ2v) is 6.83. The summed E-state index contributed by atoms with van der Waals surface area (Å²) >= 11 is 1.42. The molecular formula is C20H19NO3S. The summed E-state index contributed by atoms with van der Waals surface area (Å²) in [6.07, 6.45) is 0. The Bertz CT molecular complexity index is 930. The van der Waals surface area contributed by atoms with Crippen molar-refractivity contribution >= 4 is 34.4 Å². The fourth-order valence-corrected chi connectivity index (χ4v) is 3.58.